The minimum absolute atomic E-state index is 0.0285. The Morgan fingerprint density at radius 2 is 1.67 bits per heavy atom. The second kappa shape index (κ2) is 11.7. The third-order valence-electron chi connectivity index (χ3n) is 6.48. The number of rotatable bonds is 8. The van der Waals surface area contributed by atoms with Gasteiger partial charge in [0.1, 0.15) is 29.0 Å². The van der Waals surface area contributed by atoms with Gasteiger partial charge in [0, 0.05) is 36.8 Å². The van der Waals surface area contributed by atoms with Crippen molar-refractivity contribution in [2.24, 2.45) is 0 Å². The average molecular weight is 601 g/mol. The van der Waals surface area contributed by atoms with E-state index in [2.05, 4.69) is 10.1 Å². The van der Waals surface area contributed by atoms with E-state index in [1.165, 1.54) is 31.4 Å². The van der Waals surface area contributed by atoms with E-state index in [-0.39, 0.29) is 29.1 Å². The number of alkyl halides is 6. The Hall–Kier alpha value is -4.56. The summed E-state index contributed by atoms with van der Waals surface area (Å²) in [5.74, 6) is -4.06. The van der Waals surface area contributed by atoms with Gasteiger partial charge in [0.2, 0.25) is 5.91 Å². The standard InChI is InChI=1S/C27H22F7N3O5/c1-41-17-8-9-18(20(28)13-17)19-14-37(21-3-2-11-36(24(21)39)12-10-26(29,30)31)25(40)22(19)35-23(38)15-4-6-16(7-5-15)42-27(32,33)34/h2-9,11,13,19,22H,10,12,14H2,1H3,(H,35,38)/t19-,22-/m0/s1. The molecule has 0 bridgehead atoms. The van der Waals surface area contributed by atoms with Crippen LogP contribution in [0.5, 0.6) is 11.5 Å². The zero-order chi connectivity index (χ0) is 30.8. The monoisotopic (exact) mass is 601 g/mol. The molecule has 1 fully saturated rings. The van der Waals surface area contributed by atoms with Crippen LogP contribution in [0.2, 0.25) is 0 Å². The first-order chi connectivity index (χ1) is 19.7. The van der Waals surface area contributed by atoms with Gasteiger partial charge in [-0.2, -0.15) is 13.2 Å². The first-order valence-electron chi connectivity index (χ1n) is 12.2. The zero-order valence-corrected chi connectivity index (χ0v) is 21.6. The van der Waals surface area contributed by atoms with Crippen LogP contribution < -0.4 is 25.2 Å². The molecular weight excluding hydrogens is 579 g/mol. The molecular formula is C27H22F7N3O5. The number of anilines is 1. The number of pyridine rings is 1. The van der Waals surface area contributed by atoms with Crippen molar-refractivity contribution >= 4 is 17.5 Å². The third-order valence-corrected chi connectivity index (χ3v) is 6.48. The predicted molar refractivity (Wildman–Crippen MR) is 134 cm³/mol. The number of carbonyl (C=O) groups is 2. The highest BCUT2D eigenvalue weighted by Crippen LogP contribution is 2.34. The molecule has 2 atom stereocenters. The van der Waals surface area contributed by atoms with Gasteiger partial charge >= 0.3 is 12.5 Å². The number of amides is 2. The normalized spacial score (nSPS) is 17.3. The molecule has 42 heavy (non-hydrogen) atoms. The predicted octanol–water partition coefficient (Wildman–Crippen LogP) is 4.78. The van der Waals surface area contributed by atoms with Crippen LogP contribution >= 0.6 is 0 Å². The number of hydrogen-bond donors (Lipinski definition) is 1. The second-order valence-corrected chi connectivity index (χ2v) is 9.22. The van der Waals surface area contributed by atoms with Crippen LogP contribution in [0.1, 0.15) is 28.3 Å². The Labute approximate surface area is 233 Å². The molecule has 1 aromatic heterocycles. The quantitative estimate of drug-likeness (QED) is 0.376. The van der Waals surface area contributed by atoms with E-state index in [1.54, 1.807) is 0 Å². The molecule has 8 nitrogen and oxygen atoms in total. The van der Waals surface area contributed by atoms with E-state index in [9.17, 15) is 40.7 Å². The van der Waals surface area contributed by atoms with Gasteiger partial charge in [-0.3, -0.25) is 14.4 Å². The number of aryl methyl sites for hydroxylation is 1. The molecule has 0 saturated carbocycles. The molecule has 1 saturated heterocycles. The number of carbonyl (C=O) groups excluding carboxylic acids is 2. The van der Waals surface area contributed by atoms with E-state index in [1.807, 2.05) is 0 Å². The maximum atomic E-state index is 15.1. The molecule has 2 amide bonds. The highest BCUT2D eigenvalue weighted by Gasteiger charge is 2.45. The molecule has 0 spiro atoms. The van der Waals surface area contributed by atoms with Crippen molar-refractivity contribution in [2.75, 3.05) is 18.6 Å². The Bertz CT molecular complexity index is 1520. The summed E-state index contributed by atoms with van der Waals surface area (Å²) in [6, 6.07) is 8.64. The van der Waals surface area contributed by atoms with Crippen molar-refractivity contribution in [3.05, 3.63) is 88.1 Å². The maximum absolute atomic E-state index is 15.1. The SMILES string of the molecule is COc1ccc([C@@H]2CN(c3cccn(CCC(F)(F)F)c3=O)C(=O)[C@H]2NC(=O)c2ccc(OC(F)(F)F)cc2)c(F)c1. The molecule has 4 rings (SSSR count). The molecule has 15 heteroatoms. The maximum Gasteiger partial charge on any atom is 0.573 e. The van der Waals surface area contributed by atoms with E-state index in [4.69, 9.17) is 4.74 Å². The van der Waals surface area contributed by atoms with Crippen LogP contribution in [0, 0.1) is 5.82 Å². The Balaban J connectivity index is 1.66. The lowest BCUT2D eigenvalue weighted by Crippen LogP contribution is -2.44. The summed E-state index contributed by atoms with van der Waals surface area (Å²) in [6.07, 6.45) is -9.66. The molecule has 2 heterocycles. The highest BCUT2D eigenvalue weighted by atomic mass is 19.4. The average Bonchev–Trinajstić information content (AvgIpc) is 3.22. The Morgan fingerprint density at radius 3 is 2.26 bits per heavy atom. The Kier molecular flexibility index (Phi) is 8.50. The largest absolute Gasteiger partial charge is 0.573 e. The van der Waals surface area contributed by atoms with E-state index in [0.717, 1.165) is 46.0 Å². The van der Waals surface area contributed by atoms with Crippen molar-refractivity contribution < 1.29 is 49.8 Å². The summed E-state index contributed by atoms with van der Waals surface area (Å²) in [5.41, 5.74) is -1.37. The second-order valence-electron chi connectivity index (χ2n) is 9.22. The zero-order valence-electron chi connectivity index (χ0n) is 21.6. The number of nitrogens with one attached hydrogen (secondary N) is 1. The molecule has 1 N–H and O–H groups in total. The summed E-state index contributed by atoms with van der Waals surface area (Å²) in [4.78, 5) is 40.6. The van der Waals surface area contributed by atoms with Gasteiger partial charge in [0.25, 0.3) is 11.5 Å². The summed E-state index contributed by atoms with van der Waals surface area (Å²) in [5, 5.41) is 2.45. The van der Waals surface area contributed by atoms with Crippen molar-refractivity contribution in [2.45, 2.75) is 37.5 Å². The van der Waals surface area contributed by atoms with E-state index < -0.39 is 66.4 Å². The molecule has 1 aliphatic rings. The molecule has 0 aliphatic carbocycles. The van der Waals surface area contributed by atoms with E-state index >= 15 is 4.39 Å². The fourth-order valence-electron chi connectivity index (χ4n) is 4.51. The third kappa shape index (κ3) is 7.01. The fraction of sp³-hybridized carbons (Fsp3) is 0.296. The first-order valence-corrected chi connectivity index (χ1v) is 12.2. The first kappa shape index (κ1) is 30.4. The topological polar surface area (TPSA) is 89.9 Å². The van der Waals surface area contributed by atoms with Crippen molar-refractivity contribution in [3.8, 4) is 11.5 Å². The fourth-order valence-corrected chi connectivity index (χ4v) is 4.51. The van der Waals surface area contributed by atoms with Crippen LogP contribution in [0.15, 0.2) is 65.6 Å². The highest BCUT2D eigenvalue weighted by molar-refractivity contribution is 6.05. The smallest absolute Gasteiger partial charge is 0.497 e. The molecule has 2 aromatic carbocycles. The van der Waals surface area contributed by atoms with Gasteiger partial charge in [0.05, 0.1) is 13.5 Å². The van der Waals surface area contributed by atoms with Crippen molar-refractivity contribution in [1.29, 1.82) is 0 Å². The van der Waals surface area contributed by atoms with Crippen molar-refractivity contribution in [3.63, 3.8) is 0 Å². The van der Waals surface area contributed by atoms with Crippen molar-refractivity contribution in [1.82, 2.24) is 9.88 Å². The summed E-state index contributed by atoms with van der Waals surface area (Å²) < 4.78 is 100. The van der Waals surface area contributed by atoms with Crippen LogP contribution in [0.25, 0.3) is 0 Å². The van der Waals surface area contributed by atoms with Crippen LogP contribution in [-0.2, 0) is 11.3 Å². The summed E-state index contributed by atoms with van der Waals surface area (Å²) in [7, 11) is 1.31. The lowest BCUT2D eigenvalue weighted by Gasteiger charge is -2.19. The number of aromatic nitrogens is 1. The van der Waals surface area contributed by atoms with E-state index in [0.29, 0.717) is 0 Å². The number of nitrogens with zero attached hydrogens (tertiary/aromatic N) is 2. The van der Waals surface area contributed by atoms with Gasteiger partial charge in [-0.1, -0.05) is 6.07 Å². The number of ether oxygens (including phenoxy) is 2. The lowest BCUT2D eigenvalue weighted by molar-refractivity contribution is -0.274. The number of hydrogen-bond acceptors (Lipinski definition) is 5. The number of methoxy groups -OCH3 is 1. The molecule has 0 radical (unpaired) electrons. The molecule has 3 aromatic rings. The van der Waals surface area contributed by atoms with Gasteiger partial charge in [-0.05, 0) is 48.0 Å². The number of benzene rings is 2. The molecule has 224 valence electrons. The minimum Gasteiger partial charge on any atom is -0.497 e. The lowest BCUT2D eigenvalue weighted by atomic mass is 9.93. The van der Waals surface area contributed by atoms with Gasteiger partial charge in [-0.15, -0.1) is 13.2 Å². The summed E-state index contributed by atoms with van der Waals surface area (Å²) >= 11 is 0. The van der Waals surface area contributed by atoms with Gasteiger partial charge in [0.15, 0.2) is 0 Å². The molecule has 0 unspecified atom stereocenters. The van der Waals surface area contributed by atoms with Gasteiger partial charge < -0.3 is 24.3 Å². The van der Waals surface area contributed by atoms with Gasteiger partial charge in [-0.25, -0.2) is 4.39 Å². The van der Waals surface area contributed by atoms with Crippen LogP contribution in [0.3, 0.4) is 0 Å². The Morgan fingerprint density at radius 1 is 1.00 bits per heavy atom. The number of halogens is 7. The molecule has 1 aliphatic heterocycles. The van der Waals surface area contributed by atoms with Crippen LogP contribution in [-0.4, -0.2) is 48.6 Å². The van der Waals surface area contributed by atoms with Crippen LogP contribution in [0.4, 0.5) is 36.4 Å². The minimum atomic E-state index is -4.96. The summed E-state index contributed by atoms with van der Waals surface area (Å²) in [6.45, 7) is -1.03.